The van der Waals surface area contributed by atoms with Gasteiger partial charge in [-0.2, -0.15) is 4.99 Å². The van der Waals surface area contributed by atoms with Gasteiger partial charge in [0.05, 0.1) is 26.9 Å². The first-order chi connectivity index (χ1) is 13.7. The van der Waals surface area contributed by atoms with Gasteiger partial charge in [-0.3, -0.25) is 4.79 Å². The van der Waals surface area contributed by atoms with Crippen LogP contribution < -0.4 is 4.80 Å². The van der Waals surface area contributed by atoms with Crippen LogP contribution in [-0.4, -0.2) is 23.7 Å². The largest absolute Gasteiger partial charge is 0.380 e. The van der Waals surface area contributed by atoms with Crippen molar-refractivity contribution >= 4 is 50.7 Å². The molecule has 0 aliphatic heterocycles. The van der Waals surface area contributed by atoms with Gasteiger partial charge in [0, 0.05) is 18.7 Å². The van der Waals surface area contributed by atoms with E-state index in [0.29, 0.717) is 40.2 Å². The van der Waals surface area contributed by atoms with Gasteiger partial charge in [-0.15, -0.1) is 0 Å². The molecule has 29 heavy (non-hydrogen) atoms. The number of benzene rings is 2. The second kappa shape index (κ2) is 9.00. The second-order valence-corrected chi connectivity index (χ2v) is 9.48. The molecule has 0 radical (unpaired) electrons. The second-order valence-electron chi connectivity index (χ2n) is 7.69. The number of rotatable bonds is 5. The lowest BCUT2D eigenvalue weighted by Gasteiger charge is -2.18. The van der Waals surface area contributed by atoms with Crippen LogP contribution in [-0.2, 0) is 16.7 Å². The number of ether oxygens (including phenoxy) is 1. The Balaban J connectivity index is 2.05. The Kier molecular flexibility index (Phi) is 6.84. The molecule has 0 saturated carbocycles. The molecule has 0 unspecified atom stereocenters. The number of carbonyl (C=O) groups excluding carboxylic acids is 1. The fourth-order valence-electron chi connectivity index (χ4n) is 2.96. The van der Waals surface area contributed by atoms with Crippen molar-refractivity contribution in [3.63, 3.8) is 0 Å². The van der Waals surface area contributed by atoms with E-state index >= 15 is 0 Å². The summed E-state index contributed by atoms with van der Waals surface area (Å²) in [5.41, 5.74) is 2.53. The molecule has 0 atom stereocenters. The lowest BCUT2D eigenvalue weighted by atomic mass is 9.87. The third-order valence-electron chi connectivity index (χ3n) is 4.59. The van der Waals surface area contributed by atoms with Crippen LogP contribution in [0.15, 0.2) is 41.4 Å². The van der Waals surface area contributed by atoms with Crippen LogP contribution in [0.3, 0.4) is 0 Å². The average molecular weight is 451 g/mol. The summed E-state index contributed by atoms with van der Waals surface area (Å²) in [6, 6.07) is 11.3. The number of halogens is 2. The third kappa shape index (κ3) is 4.92. The first-order valence-corrected chi connectivity index (χ1v) is 11.0. The van der Waals surface area contributed by atoms with Crippen LogP contribution in [0, 0.1) is 0 Å². The smallest absolute Gasteiger partial charge is 0.279 e. The van der Waals surface area contributed by atoms with E-state index in [9.17, 15) is 4.79 Å². The SMILES string of the molecule is CCOCCn1c(=NC(=O)c2ccc(C(C)(C)C)cc2)sc2ccc(Cl)c(Cl)c21. The van der Waals surface area contributed by atoms with Gasteiger partial charge in [-0.05, 0) is 42.2 Å². The molecule has 0 aliphatic carbocycles. The molecule has 154 valence electrons. The van der Waals surface area contributed by atoms with E-state index in [2.05, 4.69) is 25.8 Å². The summed E-state index contributed by atoms with van der Waals surface area (Å²) in [5, 5.41) is 0.929. The average Bonchev–Trinajstić information content (AvgIpc) is 3.02. The molecule has 1 amide bonds. The molecule has 0 N–H and O–H groups in total. The highest BCUT2D eigenvalue weighted by Gasteiger charge is 2.16. The standard InChI is InChI=1S/C22H24Cl2N2O2S/c1-5-28-13-12-26-19-17(11-10-16(23)18(19)24)29-21(26)25-20(27)14-6-8-15(9-7-14)22(2,3)4/h6-11H,5,12-13H2,1-4H3. The van der Waals surface area contributed by atoms with Gasteiger partial charge in [0.2, 0.25) is 0 Å². The van der Waals surface area contributed by atoms with Crippen molar-refractivity contribution in [3.8, 4) is 0 Å². The zero-order valence-corrected chi connectivity index (χ0v) is 19.3. The van der Waals surface area contributed by atoms with E-state index in [1.807, 2.05) is 41.8 Å². The van der Waals surface area contributed by atoms with Gasteiger partial charge in [-0.1, -0.05) is 67.4 Å². The van der Waals surface area contributed by atoms with Gasteiger partial charge in [-0.25, -0.2) is 0 Å². The van der Waals surface area contributed by atoms with Gasteiger partial charge < -0.3 is 9.30 Å². The topological polar surface area (TPSA) is 43.6 Å². The maximum Gasteiger partial charge on any atom is 0.279 e. The lowest BCUT2D eigenvalue weighted by Crippen LogP contribution is -2.20. The summed E-state index contributed by atoms with van der Waals surface area (Å²) in [4.78, 5) is 17.8. The molecule has 2 aromatic carbocycles. The predicted molar refractivity (Wildman–Crippen MR) is 121 cm³/mol. The zero-order valence-electron chi connectivity index (χ0n) is 17.0. The molecule has 7 heteroatoms. The number of fused-ring (bicyclic) bond motifs is 1. The van der Waals surface area contributed by atoms with Crippen molar-refractivity contribution < 1.29 is 9.53 Å². The number of hydrogen-bond donors (Lipinski definition) is 0. The minimum atomic E-state index is -0.288. The maximum atomic E-state index is 12.8. The van der Waals surface area contributed by atoms with E-state index in [-0.39, 0.29) is 11.3 Å². The first-order valence-electron chi connectivity index (χ1n) is 9.47. The Morgan fingerprint density at radius 3 is 2.45 bits per heavy atom. The highest BCUT2D eigenvalue weighted by Crippen LogP contribution is 2.32. The molecular weight excluding hydrogens is 427 g/mol. The highest BCUT2D eigenvalue weighted by molar-refractivity contribution is 7.16. The van der Waals surface area contributed by atoms with Crippen molar-refractivity contribution in [1.82, 2.24) is 4.57 Å². The van der Waals surface area contributed by atoms with Crippen LogP contribution in [0.5, 0.6) is 0 Å². The molecule has 4 nitrogen and oxygen atoms in total. The lowest BCUT2D eigenvalue weighted by molar-refractivity contribution is 0.0996. The first kappa shape index (κ1) is 22.0. The van der Waals surface area contributed by atoms with E-state index in [1.54, 1.807) is 6.07 Å². The van der Waals surface area contributed by atoms with Crippen molar-refractivity contribution in [2.24, 2.45) is 4.99 Å². The molecule has 3 rings (SSSR count). The van der Waals surface area contributed by atoms with Crippen LogP contribution in [0.25, 0.3) is 10.2 Å². The van der Waals surface area contributed by atoms with Crippen molar-refractivity contribution in [2.75, 3.05) is 13.2 Å². The molecule has 3 aromatic rings. The van der Waals surface area contributed by atoms with Gasteiger partial charge >= 0.3 is 0 Å². The number of thiazole rings is 1. The molecule has 0 bridgehead atoms. The zero-order chi connectivity index (χ0) is 21.2. The number of aromatic nitrogens is 1. The van der Waals surface area contributed by atoms with E-state index < -0.39 is 0 Å². The van der Waals surface area contributed by atoms with E-state index in [1.165, 1.54) is 16.9 Å². The minimum absolute atomic E-state index is 0.0303. The Hall–Kier alpha value is -1.66. The summed E-state index contributed by atoms with van der Waals surface area (Å²) in [7, 11) is 0. The quantitative estimate of drug-likeness (QED) is 0.441. The van der Waals surface area contributed by atoms with E-state index in [4.69, 9.17) is 27.9 Å². The summed E-state index contributed by atoms with van der Waals surface area (Å²) < 4.78 is 8.33. The van der Waals surface area contributed by atoms with Gasteiger partial charge in [0.25, 0.3) is 5.91 Å². The summed E-state index contributed by atoms with van der Waals surface area (Å²) in [5.74, 6) is -0.288. The Bertz CT molecular complexity index is 1090. The number of hydrogen-bond acceptors (Lipinski definition) is 3. The number of amides is 1. The number of carbonyl (C=O) groups is 1. The van der Waals surface area contributed by atoms with Crippen molar-refractivity contribution in [2.45, 2.75) is 39.7 Å². The molecular formula is C22H24Cl2N2O2S. The van der Waals surface area contributed by atoms with Crippen LogP contribution in [0.2, 0.25) is 10.0 Å². The van der Waals surface area contributed by atoms with Gasteiger partial charge in [0.15, 0.2) is 4.80 Å². The molecule has 1 heterocycles. The molecule has 1 aromatic heterocycles. The highest BCUT2D eigenvalue weighted by atomic mass is 35.5. The van der Waals surface area contributed by atoms with Crippen LogP contribution in [0.1, 0.15) is 43.6 Å². The maximum absolute atomic E-state index is 12.8. The molecule has 0 aliphatic rings. The fourth-order valence-corrected chi connectivity index (χ4v) is 4.50. The normalized spacial score (nSPS) is 12.7. The Morgan fingerprint density at radius 1 is 1.14 bits per heavy atom. The number of nitrogens with zero attached hydrogens (tertiary/aromatic N) is 2. The molecule has 0 spiro atoms. The summed E-state index contributed by atoms with van der Waals surface area (Å²) in [6.07, 6.45) is 0. The molecule has 0 fully saturated rings. The monoisotopic (exact) mass is 450 g/mol. The summed E-state index contributed by atoms with van der Waals surface area (Å²) in [6.45, 7) is 10.00. The fraction of sp³-hybridized carbons (Fsp3) is 0.364. The predicted octanol–water partition coefficient (Wildman–Crippen LogP) is 6.08. The Labute approximate surface area is 184 Å². The summed E-state index contributed by atoms with van der Waals surface area (Å²) >= 11 is 14.1. The van der Waals surface area contributed by atoms with Crippen LogP contribution in [0.4, 0.5) is 0 Å². The Morgan fingerprint density at radius 2 is 1.83 bits per heavy atom. The third-order valence-corrected chi connectivity index (χ3v) is 6.43. The van der Waals surface area contributed by atoms with E-state index in [0.717, 1.165) is 10.2 Å². The van der Waals surface area contributed by atoms with Crippen molar-refractivity contribution in [3.05, 3.63) is 62.4 Å². The van der Waals surface area contributed by atoms with Gasteiger partial charge in [0.1, 0.15) is 0 Å². The minimum Gasteiger partial charge on any atom is -0.380 e. The van der Waals surface area contributed by atoms with Crippen molar-refractivity contribution in [1.29, 1.82) is 0 Å². The van der Waals surface area contributed by atoms with Crippen LogP contribution >= 0.6 is 34.5 Å². The molecule has 0 saturated heterocycles.